The van der Waals surface area contributed by atoms with Gasteiger partial charge in [0.05, 0.1) is 38.8 Å². The third-order valence-corrected chi connectivity index (χ3v) is 8.19. The van der Waals surface area contributed by atoms with Crippen molar-refractivity contribution in [2.45, 2.75) is 20.3 Å². The SMILES string of the molecule is C=C1C=C(n2c3ccccc3c3ncccc32)C(C)Cc2c1cccc2-n1c2ccccc2c2ncccc21.C=CC. The lowest BCUT2D eigenvalue weighted by atomic mass is 9.94. The van der Waals surface area contributed by atoms with Crippen LogP contribution in [0.5, 0.6) is 0 Å². The molecule has 1 atom stereocenters. The Hall–Kier alpha value is -5.22. The number of fused-ring (bicyclic) bond motifs is 7. The monoisotopic (exact) mass is 544 g/mol. The fraction of sp³-hybridized carbons (Fsp3) is 0.105. The summed E-state index contributed by atoms with van der Waals surface area (Å²) in [5.41, 5.74) is 12.6. The van der Waals surface area contributed by atoms with Crippen LogP contribution in [0.25, 0.3) is 60.8 Å². The Labute approximate surface area is 245 Å². The highest BCUT2D eigenvalue weighted by Gasteiger charge is 2.26. The molecule has 4 heterocycles. The number of para-hydroxylation sites is 2. The fourth-order valence-corrected chi connectivity index (χ4v) is 6.50. The lowest BCUT2D eigenvalue weighted by Gasteiger charge is -2.20. The molecule has 7 aromatic rings. The van der Waals surface area contributed by atoms with Gasteiger partial charge in [-0.05, 0) is 78.6 Å². The smallest absolute Gasteiger partial charge is 0.0963 e. The van der Waals surface area contributed by atoms with E-state index in [1.807, 2.05) is 31.5 Å². The number of nitrogens with zero attached hydrogens (tertiary/aromatic N) is 4. The number of benzene rings is 3. The maximum atomic E-state index is 4.76. The van der Waals surface area contributed by atoms with Crippen molar-refractivity contribution < 1.29 is 0 Å². The van der Waals surface area contributed by atoms with Crippen molar-refractivity contribution in [3.63, 3.8) is 0 Å². The summed E-state index contributed by atoms with van der Waals surface area (Å²) in [4.78, 5) is 9.52. The molecule has 0 fully saturated rings. The summed E-state index contributed by atoms with van der Waals surface area (Å²) in [5, 5.41) is 2.34. The quantitative estimate of drug-likeness (QED) is 0.203. The van der Waals surface area contributed by atoms with Gasteiger partial charge >= 0.3 is 0 Å². The van der Waals surface area contributed by atoms with Crippen molar-refractivity contribution in [2.75, 3.05) is 0 Å². The highest BCUT2D eigenvalue weighted by molar-refractivity contribution is 6.09. The second-order valence-electron chi connectivity index (χ2n) is 10.9. The maximum Gasteiger partial charge on any atom is 0.0963 e. The normalized spacial score (nSPS) is 14.9. The molecule has 204 valence electrons. The van der Waals surface area contributed by atoms with Gasteiger partial charge in [0.1, 0.15) is 0 Å². The minimum absolute atomic E-state index is 0.245. The molecule has 0 aliphatic heterocycles. The highest BCUT2D eigenvalue weighted by Crippen LogP contribution is 2.41. The van der Waals surface area contributed by atoms with Crippen LogP contribution in [0.15, 0.2) is 129 Å². The van der Waals surface area contributed by atoms with E-state index in [2.05, 4.69) is 114 Å². The first kappa shape index (κ1) is 25.7. The molecule has 1 unspecified atom stereocenters. The van der Waals surface area contributed by atoms with Gasteiger partial charge in [-0.3, -0.25) is 9.97 Å². The van der Waals surface area contributed by atoms with E-state index in [9.17, 15) is 0 Å². The highest BCUT2D eigenvalue weighted by atomic mass is 15.0. The lowest BCUT2D eigenvalue weighted by molar-refractivity contribution is 0.713. The number of hydrogen-bond acceptors (Lipinski definition) is 2. The van der Waals surface area contributed by atoms with Crippen LogP contribution in [-0.2, 0) is 6.42 Å². The molecule has 4 aromatic heterocycles. The zero-order chi connectivity index (χ0) is 28.8. The molecule has 0 saturated heterocycles. The predicted octanol–water partition coefficient (Wildman–Crippen LogP) is 9.62. The van der Waals surface area contributed by atoms with Crippen LogP contribution >= 0.6 is 0 Å². The topological polar surface area (TPSA) is 35.6 Å². The Kier molecular flexibility index (Phi) is 6.32. The predicted molar refractivity (Wildman–Crippen MR) is 178 cm³/mol. The van der Waals surface area contributed by atoms with Gasteiger partial charge in [-0.2, -0.15) is 0 Å². The Morgan fingerprint density at radius 2 is 1.26 bits per heavy atom. The first-order chi connectivity index (χ1) is 20.6. The third kappa shape index (κ3) is 3.91. The first-order valence-corrected chi connectivity index (χ1v) is 14.4. The Morgan fingerprint density at radius 3 is 1.90 bits per heavy atom. The molecular weight excluding hydrogens is 512 g/mol. The summed E-state index contributed by atoms with van der Waals surface area (Å²) in [7, 11) is 0. The van der Waals surface area contributed by atoms with Crippen molar-refractivity contribution in [3.05, 3.63) is 140 Å². The zero-order valence-electron chi connectivity index (χ0n) is 24.0. The van der Waals surface area contributed by atoms with E-state index in [0.29, 0.717) is 0 Å². The fourth-order valence-electron chi connectivity index (χ4n) is 6.50. The van der Waals surface area contributed by atoms with Gasteiger partial charge in [-0.1, -0.05) is 68.1 Å². The average Bonchev–Trinajstić information content (AvgIpc) is 3.49. The van der Waals surface area contributed by atoms with E-state index >= 15 is 0 Å². The molecule has 8 rings (SSSR count). The van der Waals surface area contributed by atoms with Crippen molar-refractivity contribution >= 4 is 55.1 Å². The second kappa shape index (κ2) is 10.3. The minimum Gasteiger partial charge on any atom is -0.311 e. The van der Waals surface area contributed by atoms with E-state index in [0.717, 1.165) is 34.1 Å². The van der Waals surface area contributed by atoms with Gasteiger partial charge < -0.3 is 9.13 Å². The summed E-state index contributed by atoms with van der Waals surface area (Å²) < 4.78 is 4.77. The van der Waals surface area contributed by atoms with Crippen LogP contribution in [-0.4, -0.2) is 19.1 Å². The molecule has 0 spiro atoms. The van der Waals surface area contributed by atoms with Gasteiger partial charge in [-0.15, -0.1) is 6.58 Å². The first-order valence-electron chi connectivity index (χ1n) is 14.4. The molecule has 0 N–H and O–H groups in total. The lowest BCUT2D eigenvalue weighted by Crippen LogP contribution is -2.10. The van der Waals surface area contributed by atoms with Crippen LogP contribution < -0.4 is 0 Å². The Balaban J connectivity index is 0.000000923. The molecule has 0 saturated carbocycles. The van der Waals surface area contributed by atoms with Crippen LogP contribution in [0.4, 0.5) is 0 Å². The van der Waals surface area contributed by atoms with E-state index < -0.39 is 0 Å². The van der Waals surface area contributed by atoms with Gasteiger partial charge in [0.25, 0.3) is 0 Å². The third-order valence-electron chi connectivity index (χ3n) is 8.19. The molecule has 4 nitrogen and oxygen atoms in total. The molecule has 3 aromatic carbocycles. The summed E-state index contributed by atoms with van der Waals surface area (Å²) in [5.74, 6) is 0.245. The largest absolute Gasteiger partial charge is 0.311 e. The Morgan fingerprint density at radius 1 is 0.714 bits per heavy atom. The molecule has 1 aliphatic rings. The molecule has 42 heavy (non-hydrogen) atoms. The van der Waals surface area contributed by atoms with Gasteiger partial charge in [0.15, 0.2) is 0 Å². The van der Waals surface area contributed by atoms with E-state index in [-0.39, 0.29) is 5.92 Å². The van der Waals surface area contributed by atoms with Crippen LogP contribution in [0.3, 0.4) is 0 Å². The number of allylic oxidation sites excluding steroid dienone is 4. The van der Waals surface area contributed by atoms with Crippen LogP contribution in [0, 0.1) is 5.92 Å². The second-order valence-corrected chi connectivity index (χ2v) is 10.9. The molecule has 4 heteroatoms. The van der Waals surface area contributed by atoms with E-state index in [4.69, 9.17) is 9.97 Å². The standard InChI is InChI=1S/C35H26N4.C3H6/c1-22-21-33(39-29-14-6-4-11-26(29)35-32(39)17-9-19-37-35)23(2)20-27-24(22)12-7-15-30(27)38-28-13-5-3-10-25(28)34-31(38)16-8-18-36-34;1-3-2/h3-19,21,23H,1,20H2,2H3;3H,1H2,2H3. The summed E-state index contributed by atoms with van der Waals surface area (Å²) in [6, 6.07) is 32.1. The summed E-state index contributed by atoms with van der Waals surface area (Å²) in [6.07, 6.45) is 8.68. The number of pyridine rings is 2. The van der Waals surface area contributed by atoms with Crippen LogP contribution in [0.1, 0.15) is 25.0 Å². The summed E-state index contributed by atoms with van der Waals surface area (Å²) >= 11 is 0. The molecule has 0 bridgehead atoms. The van der Waals surface area contributed by atoms with Crippen molar-refractivity contribution in [3.8, 4) is 5.69 Å². The van der Waals surface area contributed by atoms with Crippen molar-refractivity contribution in [2.24, 2.45) is 5.92 Å². The summed E-state index contributed by atoms with van der Waals surface area (Å²) in [6.45, 7) is 12.2. The van der Waals surface area contributed by atoms with Gasteiger partial charge in [0.2, 0.25) is 0 Å². The molecule has 0 radical (unpaired) electrons. The van der Waals surface area contributed by atoms with E-state index in [1.165, 1.54) is 44.3 Å². The molecular formula is C38H32N4. The number of rotatable bonds is 2. The van der Waals surface area contributed by atoms with Gasteiger partial charge in [-0.25, -0.2) is 0 Å². The zero-order valence-corrected chi connectivity index (χ0v) is 24.0. The molecule has 0 amide bonds. The van der Waals surface area contributed by atoms with Crippen molar-refractivity contribution in [1.29, 1.82) is 0 Å². The van der Waals surface area contributed by atoms with E-state index in [1.54, 1.807) is 6.08 Å². The van der Waals surface area contributed by atoms with Crippen molar-refractivity contribution in [1.82, 2.24) is 19.1 Å². The molecule has 1 aliphatic carbocycles. The number of aromatic nitrogens is 4. The average molecular weight is 545 g/mol. The van der Waals surface area contributed by atoms with Crippen LogP contribution in [0.2, 0.25) is 0 Å². The minimum atomic E-state index is 0.245. The Bertz CT molecular complexity index is 2080. The number of hydrogen-bond donors (Lipinski definition) is 0. The van der Waals surface area contributed by atoms with Gasteiger partial charge in [0, 0.05) is 34.8 Å². The maximum absolute atomic E-state index is 4.76.